The van der Waals surface area contributed by atoms with Crippen molar-refractivity contribution in [3.8, 4) is 0 Å². The summed E-state index contributed by atoms with van der Waals surface area (Å²) in [5.41, 5.74) is 0.407. The van der Waals surface area contributed by atoms with Gasteiger partial charge in [0.05, 0.1) is 6.10 Å². The molecule has 0 aromatic carbocycles. The number of ether oxygens (including phenoxy) is 1. The second-order valence-electron chi connectivity index (χ2n) is 6.71. The van der Waals surface area contributed by atoms with E-state index < -0.39 is 0 Å². The lowest BCUT2D eigenvalue weighted by Gasteiger charge is -2.61. The first-order valence-corrected chi connectivity index (χ1v) is 8.37. The quantitative estimate of drug-likeness (QED) is 0.599. The maximum atomic E-state index is 5.91. The van der Waals surface area contributed by atoms with Gasteiger partial charge in [-0.05, 0) is 44.9 Å². The standard InChI is InChI=1S/C16H29N3O/c1-3-20-14-10-13(16(14)8-5-9-16)19-15(17-2)18-11-12-6-4-7-12/h12-14H,3-11H2,1-2H3,(H2,17,18,19). The molecule has 4 heteroatoms. The SMILES string of the molecule is CCOC1CC(NC(=NC)NCC2CCC2)C12CCC2. The lowest BCUT2D eigenvalue weighted by atomic mass is 9.51. The molecule has 2 N–H and O–H groups in total. The van der Waals surface area contributed by atoms with Crippen LogP contribution in [0.15, 0.2) is 4.99 Å². The summed E-state index contributed by atoms with van der Waals surface area (Å²) in [6, 6.07) is 0.556. The number of nitrogens with one attached hydrogen (secondary N) is 2. The van der Waals surface area contributed by atoms with Crippen LogP contribution in [0.5, 0.6) is 0 Å². The zero-order valence-electron chi connectivity index (χ0n) is 13.0. The fourth-order valence-electron chi connectivity index (χ4n) is 3.94. The predicted octanol–water partition coefficient (Wildman–Crippen LogP) is 2.30. The van der Waals surface area contributed by atoms with Crippen LogP contribution in [-0.4, -0.2) is 38.3 Å². The van der Waals surface area contributed by atoms with Gasteiger partial charge in [-0.3, -0.25) is 4.99 Å². The van der Waals surface area contributed by atoms with Crippen LogP contribution in [-0.2, 0) is 4.74 Å². The summed E-state index contributed by atoms with van der Waals surface area (Å²) in [6.45, 7) is 4.02. The Hall–Kier alpha value is -0.770. The molecule has 0 aromatic heterocycles. The van der Waals surface area contributed by atoms with Crippen LogP contribution in [0.25, 0.3) is 0 Å². The Morgan fingerprint density at radius 3 is 2.60 bits per heavy atom. The fraction of sp³-hybridized carbons (Fsp3) is 0.938. The van der Waals surface area contributed by atoms with E-state index in [9.17, 15) is 0 Å². The molecule has 114 valence electrons. The van der Waals surface area contributed by atoms with Crippen molar-refractivity contribution in [3.63, 3.8) is 0 Å². The Kier molecular flexibility index (Phi) is 4.20. The second kappa shape index (κ2) is 5.92. The molecule has 2 unspecified atom stereocenters. The van der Waals surface area contributed by atoms with Crippen molar-refractivity contribution in [1.82, 2.24) is 10.6 Å². The van der Waals surface area contributed by atoms with E-state index in [0.717, 1.165) is 31.4 Å². The minimum atomic E-state index is 0.407. The zero-order valence-corrected chi connectivity index (χ0v) is 13.0. The van der Waals surface area contributed by atoms with Crippen LogP contribution in [0.4, 0.5) is 0 Å². The summed E-state index contributed by atoms with van der Waals surface area (Å²) in [5, 5.41) is 7.15. The Labute approximate surface area is 122 Å². The van der Waals surface area contributed by atoms with E-state index in [4.69, 9.17) is 4.74 Å². The van der Waals surface area contributed by atoms with E-state index in [0.29, 0.717) is 17.6 Å². The lowest BCUT2D eigenvalue weighted by molar-refractivity contribution is -0.168. The monoisotopic (exact) mass is 279 g/mol. The van der Waals surface area contributed by atoms with Gasteiger partial charge in [0, 0.05) is 31.7 Å². The van der Waals surface area contributed by atoms with Crippen LogP contribution in [0.3, 0.4) is 0 Å². The van der Waals surface area contributed by atoms with Gasteiger partial charge in [-0.15, -0.1) is 0 Å². The number of rotatable bonds is 5. The highest BCUT2D eigenvalue weighted by atomic mass is 16.5. The smallest absolute Gasteiger partial charge is 0.191 e. The molecule has 0 amide bonds. The van der Waals surface area contributed by atoms with E-state index in [1.54, 1.807) is 0 Å². The summed E-state index contributed by atoms with van der Waals surface area (Å²) >= 11 is 0. The number of nitrogens with zero attached hydrogens (tertiary/aromatic N) is 1. The van der Waals surface area contributed by atoms with Gasteiger partial charge >= 0.3 is 0 Å². The van der Waals surface area contributed by atoms with Crippen LogP contribution in [0.2, 0.25) is 0 Å². The van der Waals surface area contributed by atoms with Crippen molar-refractivity contribution in [2.45, 2.75) is 64.0 Å². The molecule has 3 rings (SSSR count). The van der Waals surface area contributed by atoms with Crippen molar-refractivity contribution in [2.24, 2.45) is 16.3 Å². The van der Waals surface area contributed by atoms with Crippen LogP contribution in [0.1, 0.15) is 51.9 Å². The van der Waals surface area contributed by atoms with Gasteiger partial charge in [0.1, 0.15) is 0 Å². The van der Waals surface area contributed by atoms with E-state index >= 15 is 0 Å². The van der Waals surface area contributed by atoms with Gasteiger partial charge in [0.25, 0.3) is 0 Å². The molecule has 0 heterocycles. The largest absolute Gasteiger partial charge is 0.378 e. The van der Waals surface area contributed by atoms with E-state index in [1.807, 2.05) is 7.05 Å². The third kappa shape index (κ3) is 2.43. The van der Waals surface area contributed by atoms with Crippen molar-refractivity contribution < 1.29 is 4.74 Å². The molecule has 0 bridgehead atoms. The van der Waals surface area contributed by atoms with Crippen LogP contribution < -0.4 is 10.6 Å². The first kappa shape index (κ1) is 14.2. The van der Waals surface area contributed by atoms with Crippen molar-refractivity contribution in [2.75, 3.05) is 20.2 Å². The average Bonchev–Trinajstić information content (AvgIpc) is 2.31. The van der Waals surface area contributed by atoms with Gasteiger partial charge in [-0.25, -0.2) is 0 Å². The summed E-state index contributed by atoms with van der Waals surface area (Å²) < 4.78 is 5.91. The molecule has 0 saturated heterocycles. The highest BCUT2D eigenvalue weighted by molar-refractivity contribution is 5.80. The number of hydrogen-bond acceptors (Lipinski definition) is 2. The molecule has 4 nitrogen and oxygen atoms in total. The van der Waals surface area contributed by atoms with E-state index in [-0.39, 0.29) is 0 Å². The van der Waals surface area contributed by atoms with Gasteiger partial charge < -0.3 is 15.4 Å². The molecular formula is C16H29N3O. The predicted molar refractivity (Wildman–Crippen MR) is 81.9 cm³/mol. The molecule has 3 fully saturated rings. The van der Waals surface area contributed by atoms with Crippen LogP contribution >= 0.6 is 0 Å². The maximum absolute atomic E-state index is 5.91. The summed E-state index contributed by atoms with van der Waals surface area (Å²) in [7, 11) is 1.88. The normalized spacial score (nSPS) is 32.2. The number of hydrogen-bond donors (Lipinski definition) is 2. The number of aliphatic imine (C=N–C) groups is 1. The van der Waals surface area contributed by atoms with Crippen molar-refractivity contribution in [1.29, 1.82) is 0 Å². The molecule has 2 atom stereocenters. The third-order valence-electron chi connectivity index (χ3n) is 5.75. The summed E-state index contributed by atoms with van der Waals surface area (Å²) in [6.07, 6.45) is 9.76. The zero-order chi connectivity index (χ0) is 14.0. The Balaban J connectivity index is 1.49. The van der Waals surface area contributed by atoms with Crippen LogP contribution in [0, 0.1) is 11.3 Å². The summed E-state index contributed by atoms with van der Waals surface area (Å²) in [4.78, 5) is 4.39. The Bertz CT molecular complexity index is 361. The molecule has 3 saturated carbocycles. The topological polar surface area (TPSA) is 45.6 Å². The fourth-order valence-corrected chi connectivity index (χ4v) is 3.94. The average molecular weight is 279 g/mol. The highest BCUT2D eigenvalue weighted by Crippen LogP contribution is 2.57. The minimum Gasteiger partial charge on any atom is -0.378 e. The van der Waals surface area contributed by atoms with Crippen molar-refractivity contribution >= 4 is 5.96 Å². The molecule has 0 aliphatic heterocycles. The van der Waals surface area contributed by atoms with E-state index in [1.165, 1.54) is 38.5 Å². The molecule has 1 spiro atoms. The molecular weight excluding hydrogens is 250 g/mol. The number of guanidine groups is 1. The van der Waals surface area contributed by atoms with Gasteiger partial charge in [0.2, 0.25) is 0 Å². The first-order chi connectivity index (χ1) is 9.78. The molecule has 3 aliphatic carbocycles. The molecule has 0 radical (unpaired) electrons. The van der Waals surface area contributed by atoms with Gasteiger partial charge in [-0.2, -0.15) is 0 Å². The second-order valence-corrected chi connectivity index (χ2v) is 6.71. The highest BCUT2D eigenvalue weighted by Gasteiger charge is 2.59. The van der Waals surface area contributed by atoms with E-state index in [2.05, 4.69) is 22.5 Å². The molecule has 20 heavy (non-hydrogen) atoms. The third-order valence-corrected chi connectivity index (χ3v) is 5.75. The maximum Gasteiger partial charge on any atom is 0.191 e. The lowest BCUT2D eigenvalue weighted by Crippen LogP contribution is -2.68. The first-order valence-electron chi connectivity index (χ1n) is 8.37. The van der Waals surface area contributed by atoms with Gasteiger partial charge in [-0.1, -0.05) is 12.8 Å². The molecule has 3 aliphatic rings. The minimum absolute atomic E-state index is 0.407. The summed E-state index contributed by atoms with van der Waals surface area (Å²) in [5.74, 6) is 1.85. The van der Waals surface area contributed by atoms with Gasteiger partial charge in [0.15, 0.2) is 5.96 Å². The molecule has 0 aromatic rings. The van der Waals surface area contributed by atoms with Crippen molar-refractivity contribution in [3.05, 3.63) is 0 Å². The Morgan fingerprint density at radius 2 is 2.10 bits per heavy atom. The Morgan fingerprint density at radius 1 is 1.30 bits per heavy atom.